The molecule has 7 nitrogen and oxygen atoms in total. The van der Waals surface area contributed by atoms with Crippen molar-refractivity contribution in [1.29, 1.82) is 0 Å². The Balaban J connectivity index is 1.54. The Morgan fingerprint density at radius 1 is 1.32 bits per heavy atom. The van der Waals surface area contributed by atoms with Crippen molar-refractivity contribution < 1.29 is 14.4 Å². The summed E-state index contributed by atoms with van der Waals surface area (Å²) in [4.78, 5) is 18.8. The van der Waals surface area contributed by atoms with Gasteiger partial charge in [-0.1, -0.05) is 5.16 Å². The fourth-order valence-electron chi connectivity index (χ4n) is 3.49. The Hall–Kier alpha value is -1.47. The third kappa shape index (κ3) is 3.15. The van der Waals surface area contributed by atoms with Crippen molar-refractivity contribution in [2.75, 3.05) is 13.1 Å². The number of piperidine rings is 1. The molecule has 1 aromatic rings. The van der Waals surface area contributed by atoms with E-state index in [1.54, 1.807) is 6.92 Å². The van der Waals surface area contributed by atoms with Gasteiger partial charge in [0.2, 0.25) is 11.8 Å². The van der Waals surface area contributed by atoms with Crippen LogP contribution in [-0.2, 0) is 4.79 Å². The lowest BCUT2D eigenvalue weighted by molar-refractivity contribution is -0.139. The van der Waals surface area contributed by atoms with E-state index in [9.17, 15) is 9.90 Å². The topological polar surface area (TPSA) is 105 Å². The summed E-state index contributed by atoms with van der Waals surface area (Å²) in [6.45, 7) is 3.22. The molecule has 0 aromatic carbocycles. The monoisotopic (exact) mass is 308 g/mol. The molecule has 1 aliphatic heterocycles. The number of aryl methyl sites for hydroxylation is 1. The van der Waals surface area contributed by atoms with Gasteiger partial charge in [0.15, 0.2) is 5.82 Å². The second kappa shape index (κ2) is 6.34. The maximum Gasteiger partial charge on any atom is 0.225 e. The number of likely N-dealkylation sites (tertiary alicyclic amines) is 1. The molecule has 3 N–H and O–H groups in total. The minimum atomic E-state index is -0.553. The van der Waals surface area contributed by atoms with Crippen LogP contribution >= 0.6 is 0 Å². The van der Waals surface area contributed by atoms with Crippen molar-refractivity contribution in [2.24, 2.45) is 11.7 Å². The molecule has 0 bridgehead atoms. The van der Waals surface area contributed by atoms with Crippen LogP contribution < -0.4 is 5.73 Å². The van der Waals surface area contributed by atoms with Crippen molar-refractivity contribution in [3.05, 3.63) is 11.7 Å². The largest absolute Gasteiger partial charge is 0.391 e. The van der Waals surface area contributed by atoms with Gasteiger partial charge in [-0.2, -0.15) is 4.98 Å². The van der Waals surface area contributed by atoms with Crippen LogP contribution in [0.15, 0.2) is 4.52 Å². The smallest absolute Gasteiger partial charge is 0.225 e. The average Bonchev–Trinajstić information content (AvgIpc) is 2.96. The summed E-state index contributed by atoms with van der Waals surface area (Å²) in [7, 11) is 0. The number of hydrogen-bond donors (Lipinski definition) is 2. The van der Waals surface area contributed by atoms with E-state index in [0.29, 0.717) is 12.3 Å². The summed E-state index contributed by atoms with van der Waals surface area (Å²) >= 11 is 0. The normalized spacial score (nSPS) is 30.5. The van der Waals surface area contributed by atoms with Crippen molar-refractivity contribution in [2.45, 2.75) is 57.1 Å². The lowest BCUT2D eigenvalue weighted by Gasteiger charge is -2.36. The summed E-state index contributed by atoms with van der Waals surface area (Å²) in [5, 5.41) is 13.8. The predicted molar refractivity (Wildman–Crippen MR) is 78.9 cm³/mol. The third-order valence-corrected chi connectivity index (χ3v) is 4.93. The number of aliphatic hydroxyl groups excluding tert-OH is 1. The SMILES string of the molecule is Cc1nc(C2CCN(C(=O)[C@H]3CC[C@@H](N)[C@H](O)C3)CC2)no1. The molecule has 0 spiro atoms. The Labute approximate surface area is 129 Å². The Morgan fingerprint density at radius 3 is 2.64 bits per heavy atom. The number of rotatable bonds is 2. The van der Waals surface area contributed by atoms with Crippen molar-refractivity contribution in [3.63, 3.8) is 0 Å². The maximum absolute atomic E-state index is 12.6. The van der Waals surface area contributed by atoms with Crippen LogP contribution in [0.25, 0.3) is 0 Å². The third-order valence-electron chi connectivity index (χ3n) is 4.93. The molecule has 0 radical (unpaired) electrons. The van der Waals surface area contributed by atoms with Crippen LogP contribution in [0.1, 0.15) is 49.7 Å². The Bertz CT molecular complexity index is 525. The lowest BCUT2D eigenvalue weighted by Crippen LogP contribution is -2.47. The molecule has 2 aliphatic rings. The number of nitrogens with two attached hydrogens (primary N) is 1. The highest BCUT2D eigenvalue weighted by Gasteiger charge is 2.35. The molecule has 7 heteroatoms. The molecule has 3 atom stereocenters. The number of aromatic nitrogens is 2. The quantitative estimate of drug-likeness (QED) is 0.827. The highest BCUT2D eigenvalue weighted by molar-refractivity contribution is 5.79. The highest BCUT2D eigenvalue weighted by atomic mass is 16.5. The van der Waals surface area contributed by atoms with E-state index in [0.717, 1.165) is 44.6 Å². The number of hydrogen-bond acceptors (Lipinski definition) is 6. The molecule has 2 heterocycles. The van der Waals surface area contributed by atoms with E-state index in [1.165, 1.54) is 0 Å². The molecule has 1 aliphatic carbocycles. The van der Waals surface area contributed by atoms with Crippen LogP contribution in [0.2, 0.25) is 0 Å². The lowest BCUT2D eigenvalue weighted by atomic mass is 9.83. The van der Waals surface area contributed by atoms with Gasteiger partial charge in [0.05, 0.1) is 6.10 Å². The summed E-state index contributed by atoms with van der Waals surface area (Å²) in [6, 6.07) is -0.184. The molecule has 1 aromatic heterocycles. The molecular weight excluding hydrogens is 284 g/mol. The highest BCUT2D eigenvalue weighted by Crippen LogP contribution is 2.30. The molecule has 1 saturated heterocycles. The van der Waals surface area contributed by atoms with E-state index < -0.39 is 6.10 Å². The van der Waals surface area contributed by atoms with E-state index in [-0.39, 0.29) is 23.8 Å². The fraction of sp³-hybridized carbons (Fsp3) is 0.800. The van der Waals surface area contributed by atoms with Crippen molar-refractivity contribution in [3.8, 4) is 0 Å². The van der Waals surface area contributed by atoms with E-state index in [1.807, 2.05) is 4.90 Å². The molecule has 2 fully saturated rings. The predicted octanol–water partition coefficient (Wildman–Crippen LogP) is 0.572. The van der Waals surface area contributed by atoms with Crippen LogP contribution in [0.3, 0.4) is 0 Å². The van der Waals surface area contributed by atoms with Gasteiger partial charge >= 0.3 is 0 Å². The number of aliphatic hydroxyl groups is 1. The number of nitrogens with zero attached hydrogens (tertiary/aromatic N) is 3. The molecule has 0 unspecified atom stereocenters. The molecule has 1 amide bonds. The first-order valence-electron chi connectivity index (χ1n) is 8.07. The maximum atomic E-state index is 12.6. The first kappa shape index (κ1) is 15.4. The van der Waals surface area contributed by atoms with Gasteiger partial charge in [0.1, 0.15) is 0 Å². The average molecular weight is 308 g/mol. The second-order valence-corrected chi connectivity index (χ2v) is 6.51. The summed E-state index contributed by atoms with van der Waals surface area (Å²) in [6.07, 6.45) is 3.16. The van der Waals surface area contributed by atoms with Crippen LogP contribution in [0.5, 0.6) is 0 Å². The molecule has 1 saturated carbocycles. The van der Waals surface area contributed by atoms with Crippen molar-refractivity contribution in [1.82, 2.24) is 15.0 Å². The van der Waals surface area contributed by atoms with Gasteiger partial charge < -0.3 is 20.3 Å². The Morgan fingerprint density at radius 2 is 2.05 bits per heavy atom. The first-order chi connectivity index (χ1) is 10.5. The standard InChI is InChI=1S/C15H24N4O3/c1-9-17-14(18-22-9)10-4-6-19(7-5-10)15(21)11-2-3-12(16)13(20)8-11/h10-13,20H,2-8,16H2,1H3/t11-,12+,13+/m0/s1. The second-order valence-electron chi connectivity index (χ2n) is 6.51. The van der Waals surface area contributed by atoms with E-state index in [2.05, 4.69) is 10.1 Å². The van der Waals surface area contributed by atoms with E-state index >= 15 is 0 Å². The summed E-state index contributed by atoms with van der Waals surface area (Å²) in [5.74, 6) is 1.68. The van der Waals surface area contributed by atoms with Gasteiger partial charge in [-0.25, -0.2) is 0 Å². The van der Waals surface area contributed by atoms with Gasteiger partial charge in [-0.05, 0) is 32.1 Å². The number of carbonyl (C=O) groups is 1. The number of carbonyl (C=O) groups excluding carboxylic acids is 1. The minimum Gasteiger partial charge on any atom is -0.391 e. The molecule has 3 rings (SSSR count). The van der Waals surface area contributed by atoms with Gasteiger partial charge in [0, 0.05) is 37.9 Å². The summed E-state index contributed by atoms with van der Waals surface area (Å²) in [5.41, 5.74) is 5.81. The minimum absolute atomic E-state index is 0.0845. The first-order valence-corrected chi connectivity index (χ1v) is 8.07. The molecule has 22 heavy (non-hydrogen) atoms. The van der Waals surface area contributed by atoms with Crippen LogP contribution in [0.4, 0.5) is 0 Å². The fourth-order valence-corrected chi connectivity index (χ4v) is 3.49. The Kier molecular flexibility index (Phi) is 4.44. The van der Waals surface area contributed by atoms with Gasteiger partial charge in [0.25, 0.3) is 0 Å². The van der Waals surface area contributed by atoms with Gasteiger partial charge in [-0.15, -0.1) is 0 Å². The zero-order valence-electron chi connectivity index (χ0n) is 12.9. The van der Waals surface area contributed by atoms with Crippen LogP contribution in [-0.4, -0.2) is 51.3 Å². The molecule has 122 valence electrons. The van der Waals surface area contributed by atoms with Crippen LogP contribution in [0, 0.1) is 12.8 Å². The number of amides is 1. The summed E-state index contributed by atoms with van der Waals surface area (Å²) < 4.78 is 5.03. The molecular formula is C15H24N4O3. The van der Waals surface area contributed by atoms with Crippen molar-refractivity contribution >= 4 is 5.91 Å². The van der Waals surface area contributed by atoms with Gasteiger partial charge in [-0.3, -0.25) is 4.79 Å². The zero-order chi connectivity index (χ0) is 15.7. The van der Waals surface area contributed by atoms with E-state index in [4.69, 9.17) is 10.3 Å². The zero-order valence-corrected chi connectivity index (χ0v) is 12.9.